The van der Waals surface area contributed by atoms with Crippen molar-refractivity contribution in [1.82, 2.24) is 26.4 Å². The molecule has 0 aliphatic carbocycles. The van der Waals surface area contributed by atoms with Gasteiger partial charge in [0.25, 0.3) is 5.91 Å². The number of alkyl carbamates (subject to hydrolysis) is 1. The first-order chi connectivity index (χ1) is 27.4. The lowest BCUT2D eigenvalue weighted by Crippen LogP contribution is -2.61. The maximum absolute atomic E-state index is 13.9. The van der Waals surface area contributed by atoms with Gasteiger partial charge in [-0.1, -0.05) is 74.5 Å². The minimum atomic E-state index is -1.65. The van der Waals surface area contributed by atoms with Crippen LogP contribution in [-0.4, -0.2) is 99.4 Å². The number of hydrazine groups is 1. The summed E-state index contributed by atoms with van der Waals surface area (Å²) in [5.41, 5.74) is 1.35. The summed E-state index contributed by atoms with van der Waals surface area (Å²) in [5.74, 6) is -9.42. The van der Waals surface area contributed by atoms with E-state index in [1.807, 2.05) is 0 Å². The van der Waals surface area contributed by atoms with Crippen molar-refractivity contribution < 1.29 is 62.5 Å². The molecule has 0 heterocycles. The van der Waals surface area contributed by atoms with E-state index in [4.69, 9.17) is 14.2 Å². The smallest absolute Gasteiger partial charge is 0.408 e. The van der Waals surface area contributed by atoms with Crippen LogP contribution in [0.2, 0.25) is 0 Å². The van der Waals surface area contributed by atoms with Gasteiger partial charge in [0.15, 0.2) is 0 Å². The Morgan fingerprint density at radius 3 is 1.73 bits per heavy atom. The Bertz CT molecular complexity index is 1800. The molecule has 2 rings (SSSR count). The number of hydrogen-bond donors (Lipinski definition) is 5. The number of benzene rings is 2. The van der Waals surface area contributed by atoms with Crippen molar-refractivity contribution in [3.8, 4) is 0 Å². The summed E-state index contributed by atoms with van der Waals surface area (Å²) in [4.78, 5) is 117. The normalized spacial score (nSPS) is 12.8. The van der Waals surface area contributed by atoms with E-state index in [1.165, 1.54) is 13.8 Å². The number of hydrogen-bond acceptors (Lipinski definition) is 12. The first kappa shape index (κ1) is 48.8. The fourth-order valence-corrected chi connectivity index (χ4v) is 5.16. The summed E-state index contributed by atoms with van der Waals surface area (Å²) in [6.45, 7) is 11.4. The van der Waals surface area contributed by atoms with Gasteiger partial charge < -0.3 is 35.3 Å². The number of Topliss-reactive ketones (excluding diaryl/α,β-unsaturated/α-hetero) is 1. The van der Waals surface area contributed by atoms with Gasteiger partial charge in [0.05, 0.1) is 6.42 Å². The lowest BCUT2D eigenvalue weighted by molar-refractivity contribution is -0.156. The Kier molecular flexibility index (Phi) is 18.7. The van der Waals surface area contributed by atoms with Crippen LogP contribution in [0.3, 0.4) is 0 Å². The number of esters is 2. The van der Waals surface area contributed by atoms with Gasteiger partial charge in [-0.2, -0.15) is 0 Å². The number of carboxylic acid groups (broad SMARTS) is 1. The molecule has 5 N–H and O–H groups in total. The number of carbonyl (C=O) groups excluding carboxylic acids is 8. The highest BCUT2D eigenvalue weighted by Crippen LogP contribution is 2.14. The van der Waals surface area contributed by atoms with Crippen molar-refractivity contribution in [3.63, 3.8) is 0 Å². The topological polar surface area (TPSA) is 253 Å². The molecule has 2 aromatic carbocycles. The van der Waals surface area contributed by atoms with Gasteiger partial charge in [-0.3, -0.25) is 43.8 Å². The second-order valence-electron chi connectivity index (χ2n) is 15.8. The maximum Gasteiger partial charge on any atom is 0.408 e. The second kappa shape index (κ2) is 22.6. The lowest BCUT2D eigenvalue weighted by atomic mass is 10.0. The first-order valence-corrected chi connectivity index (χ1v) is 18.9. The Morgan fingerprint density at radius 2 is 1.20 bits per heavy atom. The Morgan fingerprint density at radius 1 is 0.678 bits per heavy atom. The molecule has 59 heavy (non-hydrogen) atoms. The number of rotatable bonds is 19. The van der Waals surface area contributed by atoms with E-state index < -0.39 is 114 Å². The molecule has 0 aliphatic heterocycles. The molecule has 0 radical (unpaired) electrons. The highest BCUT2D eigenvalue weighted by molar-refractivity contribution is 6.36. The Balaban J connectivity index is 2.37. The minimum absolute atomic E-state index is 0.177. The standard InChI is InChI=1S/C41H55N5O13/c1-25(2)34(37(54)45-46(23-31(48)49)38(55)30(47)21-26-15-11-9-12-16-26)44-35(52)28(19-20-32(50)58-40(3,4)5)42-36(53)29(22-33(51)59-41(6,7)8)43-39(56)57-24-27-17-13-10-14-18-27/h9-18,25,28-29,34H,19-24H2,1-8H3,(H,42,53)(H,43,56)(H,44,52)(H,45,54)(H,48,49). The van der Waals surface area contributed by atoms with E-state index >= 15 is 0 Å². The monoisotopic (exact) mass is 825 g/mol. The van der Waals surface area contributed by atoms with Crippen LogP contribution in [0.4, 0.5) is 4.79 Å². The molecule has 2 aromatic rings. The number of aliphatic carboxylic acids is 1. The van der Waals surface area contributed by atoms with Crippen LogP contribution in [0.25, 0.3) is 0 Å². The number of ketones is 1. The lowest BCUT2D eigenvalue weighted by Gasteiger charge is -2.29. The molecule has 18 nitrogen and oxygen atoms in total. The molecule has 322 valence electrons. The number of ether oxygens (including phenoxy) is 3. The molecule has 0 bridgehead atoms. The zero-order valence-electron chi connectivity index (χ0n) is 34.6. The first-order valence-electron chi connectivity index (χ1n) is 18.9. The number of nitrogens with one attached hydrogen (secondary N) is 4. The van der Waals surface area contributed by atoms with Crippen molar-refractivity contribution in [3.05, 3.63) is 71.8 Å². The molecule has 0 aliphatic rings. The molecule has 0 fully saturated rings. The van der Waals surface area contributed by atoms with Gasteiger partial charge in [0.1, 0.15) is 42.5 Å². The largest absolute Gasteiger partial charge is 0.480 e. The van der Waals surface area contributed by atoms with Crippen LogP contribution in [0.1, 0.15) is 85.8 Å². The molecular weight excluding hydrogens is 770 g/mol. The zero-order valence-corrected chi connectivity index (χ0v) is 34.6. The fraction of sp³-hybridized carbons (Fsp3) is 0.488. The second-order valence-corrected chi connectivity index (χ2v) is 15.8. The van der Waals surface area contributed by atoms with E-state index in [-0.39, 0.29) is 13.0 Å². The van der Waals surface area contributed by atoms with E-state index in [1.54, 1.807) is 102 Å². The number of carbonyl (C=O) groups is 9. The molecule has 3 atom stereocenters. The van der Waals surface area contributed by atoms with Gasteiger partial charge in [0.2, 0.25) is 17.6 Å². The van der Waals surface area contributed by atoms with E-state index in [2.05, 4.69) is 21.4 Å². The van der Waals surface area contributed by atoms with Crippen LogP contribution in [0.5, 0.6) is 0 Å². The SMILES string of the molecule is CC(C)C(NC(=O)C(CCC(=O)OC(C)(C)C)NC(=O)C(CC(=O)OC(C)(C)C)NC(=O)OCc1ccccc1)C(=O)NN(CC(=O)O)C(=O)C(=O)Cc1ccccc1. The van der Waals surface area contributed by atoms with Crippen molar-refractivity contribution >= 4 is 53.4 Å². The number of amides is 5. The van der Waals surface area contributed by atoms with E-state index in [0.29, 0.717) is 16.1 Å². The average Bonchev–Trinajstić information content (AvgIpc) is 3.12. The van der Waals surface area contributed by atoms with Gasteiger partial charge >= 0.3 is 29.9 Å². The summed E-state index contributed by atoms with van der Waals surface area (Å²) < 4.78 is 15.9. The Hall–Kier alpha value is -6.33. The molecule has 18 heteroatoms. The third-order valence-corrected chi connectivity index (χ3v) is 7.78. The molecule has 0 saturated carbocycles. The van der Waals surface area contributed by atoms with Crippen molar-refractivity contribution in [2.45, 2.75) is 117 Å². The zero-order chi connectivity index (χ0) is 44.5. The van der Waals surface area contributed by atoms with Crippen LogP contribution < -0.4 is 21.4 Å². The number of nitrogens with zero attached hydrogens (tertiary/aromatic N) is 1. The summed E-state index contributed by atoms with van der Waals surface area (Å²) in [6, 6.07) is 12.0. The molecule has 3 unspecified atom stereocenters. The summed E-state index contributed by atoms with van der Waals surface area (Å²) >= 11 is 0. The highest BCUT2D eigenvalue weighted by atomic mass is 16.6. The van der Waals surface area contributed by atoms with Gasteiger partial charge in [0, 0.05) is 12.8 Å². The Labute approximate surface area is 343 Å². The molecule has 0 saturated heterocycles. The van der Waals surface area contributed by atoms with Crippen molar-refractivity contribution in [2.24, 2.45) is 5.92 Å². The van der Waals surface area contributed by atoms with Gasteiger partial charge in [-0.05, 0) is 65.0 Å². The predicted molar refractivity (Wildman–Crippen MR) is 210 cm³/mol. The summed E-state index contributed by atoms with van der Waals surface area (Å²) in [7, 11) is 0. The quantitative estimate of drug-likeness (QED) is 0.0592. The minimum Gasteiger partial charge on any atom is -0.480 e. The maximum atomic E-state index is 13.9. The van der Waals surface area contributed by atoms with Gasteiger partial charge in [-0.25, -0.2) is 9.80 Å². The van der Waals surface area contributed by atoms with Crippen LogP contribution in [0.15, 0.2) is 60.7 Å². The summed E-state index contributed by atoms with van der Waals surface area (Å²) in [5, 5.41) is 17.0. The molecule has 5 amide bonds. The van der Waals surface area contributed by atoms with Crippen molar-refractivity contribution in [1.29, 1.82) is 0 Å². The molecule has 0 aromatic heterocycles. The fourth-order valence-electron chi connectivity index (χ4n) is 5.16. The average molecular weight is 826 g/mol. The van der Waals surface area contributed by atoms with Crippen LogP contribution >= 0.6 is 0 Å². The third-order valence-electron chi connectivity index (χ3n) is 7.78. The van der Waals surface area contributed by atoms with Crippen LogP contribution in [-0.2, 0) is 65.6 Å². The molecule has 0 spiro atoms. The van der Waals surface area contributed by atoms with Crippen LogP contribution in [0, 0.1) is 5.92 Å². The predicted octanol–water partition coefficient (Wildman–Crippen LogP) is 2.52. The van der Waals surface area contributed by atoms with E-state index in [0.717, 1.165) is 0 Å². The highest BCUT2D eigenvalue weighted by Gasteiger charge is 2.35. The third kappa shape index (κ3) is 19.1. The number of carboxylic acids is 1. The van der Waals surface area contributed by atoms with Gasteiger partial charge in [-0.15, -0.1) is 0 Å². The van der Waals surface area contributed by atoms with E-state index in [9.17, 15) is 48.3 Å². The molecular formula is C41H55N5O13. The summed E-state index contributed by atoms with van der Waals surface area (Å²) in [6.07, 6.45) is -2.97. The van der Waals surface area contributed by atoms with Crippen molar-refractivity contribution in [2.75, 3.05) is 6.54 Å².